The van der Waals surface area contributed by atoms with E-state index in [-0.39, 0.29) is 23.5 Å². The summed E-state index contributed by atoms with van der Waals surface area (Å²) in [5.74, 6) is 4.14. The maximum Gasteiger partial charge on any atom is 0.230 e. The molecule has 118 valence electrons. The molecule has 0 amide bonds. The Balaban J connectivity index is 1.79. The third-order valence-electron chi connectivity index (χ3n) is 5.36. The van der Waals surface area contributed by atoms with Crippen molar-refractivity contribution in [2.24, 2.45) is 17.1 Å². The van der Waals surface area contributed by atoms with Crippen molar-refractivity contribution in [1.82, 2.24) is 10.1 Å². The lowest BCUT2D eigenvalue weighted by atomic mass is 9.61. The van der Waals surface area contributed by atoms with Gasteiger partial charge in [-0.05, 0) is 24.2 Å². The summed E-state index contributed by atoms with van der Waals surface area (Å²) in [7, 11) is 0. The summed E-state index contributed by atoms with van der Waals surface area (Å²) in [6.07, 6.45) is 2.01. The largest absolute Gasteiger partial charge is 0.368 e. The summed E-state index contributed by atoms with van der Waals surface area (Å²) in [5.41, 5.74) is 6.30. The summed E-state index contributed by atoms with van der Waals surface area (Å²) in [6.45, 7) is 7.52. The Morgan fingerprint density at radius 2 is 2.14 bits per heavy atom. The van der Waals surface area contributed by atoms with Crippen molar-refractivity contribution in [2.45, 2.75) is 51.7 Å². The molecular formula is C15H25N3O2S. The van der Waals surface area contributed by atoms with Gasteiger partial charge in [0.15, 0.2) is 0 Å². The molecule has 2 fully saturated rings. The van der Waals surface area contributed by atoms with Gasteiger partial charge in [0.1, 0.15) is 6.10 Å². The molecule has 1 saturated heterocycles. The van der Waals surface area contributed by atoms with Crippen LogP contribution in [0.3, 0.4) is 0 Å². The number of ether oxygens (including phenoxy) is 1. The molecule has 2 heterocycles. The Hall–Kier alpha value is -0.590. The van der Waals surface area contributed by atoms with Crippen LogP contribution in [-0.2, 0) is 4.74 Å². The zero-order valence-electron chi connectivity index (χ0n) is 13.0. The Labute approximate surface area is 130 Å². The summed E-state index contributed by atoms with van der Waals surface area (Å²) in [5, 5.41) is 4.17. The van der Waals surface area contributed by atoms with E-state index >= 15 is 0 Å². The average molecular weight is 311 g/mol. The monoisotopic (exact) mass is 311 g/mol. The van der Waals surface area contributed by atoms with E-state index in [4.69, 9.17) is 15.0 Å². The highest BCUT2D eigenvalue weighted by molar-refractivity contribution is 7.99. The summed E-state index contributed by atoms with van der Waals surface area (Å²) in [4.78, 5) is 4.66. The van der Waals surface area contributed by atoms with Gasteiger partial charge in [-0.2, -0.15) is 16.7 Å². The molecule has 1 saturated carbocycles. The fraction of sp³-hybridized carbons (Fsp3) is 0.867. The van der Waals surface area contributed by atoms with E-state index in [1.54, 1.807) is 0 Å². The highest BCUT2D eigenvalue weighted by atomic mass is 32.2. The Kier molecular flexibility index (Phi) is 4.30. The molecule has 0 bridgehead atoms. The molecule has 4 unspecified atom stereocenters. The predicted octanol–water partition coefficient (Wildman–Crippen LogP) is 2.74. The van der Waals surface area contributed by atoms with E-state index in [0.29, 0.717) is 11.7 Å². The molecule has 3 rings (SSSR count). The van der Waals surface area contributed by atoms with Crippen LogP contribution in [0.15, 0.2) is 4.52 Å². The zero-order valence-corrected chi connectivity index (χ0v) is 13.9. The second-order valence-electron chi connectivity index (χ2n) is 6.83. The highest BCUT2D eigenvalue weighted by Gasteiger charge is 2.45. The highest BCUT2D eigenvalue weighted by Crippen LogP contribution is 2.49. The zero-order chi connectivity index (χ0) is 15.0. The number of hydrogen-bond donors (Lipinski definition) is 1. The summed E-state index contributed by atoms with van der Waals surface area (Å²) >= 11 is 1.88. The van der Waals surface area contributed by atoms with Gasteiger partial charge in [0.25, 0.3) is 0 Å². The van der Waals surface area contributed by atoms with Crippen LogP contribution < -0.4 is 5.73 Å². The lowest BCUT2D eigenvalue weighted by Gasteiger charge is -2.45. The quantitative estimate of drug-likeness (QED) is 0.905. The van der Waals surface area contributed by atoms with Crippen molar-refractivity contribution in [1.29, 1.82) is 0 Å². The molecule has 0 aromatic carbocycles. The van der Waals surface area contributed by atoms with Crippen molar-refractivity contribution in [3.63, 3.8) is 0 Å². The van der Waals surface area contributed by atoms with E-state index in [1.165, 1.54) is 0 Å². The van der Waals surface area contributed by atoms with Crippen LogP contribution in [0.5, 0.6) is 0 Å². The molecular weight excluding hydrogens is 286 g/mol. The lowest BCUT2D eigenvalue weighted by molar-refractivity contribution is 0.0675. The standard InChI is InChI=1S/C15H25N3O2S/c1-9-11(16)5-4-10(15(9,2)3)14-17-13(18-20-14)12-8-21-7-6-19-12/h9-12H,4-8,16H2,1-3H3. The minimum atomic E-state index is -0.0207. The normalized spacial score (nSPS) is 36.6. The molecule has 2 N–H and O–H groups in total. The minimum Gasteiger partial charge on any atom is -0.368 e. The Morgan fingerprint density at radius 3 is 2.86 bits per heavy atom. The van der Waals surface area contributed by atoms with Gasteiger partial charge in [-0.1, -0.05) is 25.9 Å². The number of thioether (sulfide) groups is 1. The third-order valence-corrected chi connectivity index (χ3v) is 6.36. The van der Waals surface area contributed by atoms with E-state index < -0.39 is 0 Å². The topological polar surface area (TPSA) is 74.2 Å². The fourth-order valence-electron chi connectivity index (χ4n) is 3.45. The Bertz CT molecular complexity index is 485. The van der Waals surface area contributed by atoms with Gasteiger partial charge in [0, 0.05) is 23.5 Å². The number of nitrogens with zero attached hydrogens (tertiary/aromatic N) is 2. The molecule has 0 radical (unpaired) electrons. The smallest absolute Gasteiger partial charge is 0.230 e. The molecule has 4 atom stereocenters. The van der Waals surface area contributed by atoms with Crippen LogP contribution in [0.25, 0.3) is 0 Å². The molecule has 1 aromatic heterocycles. The molecule has 21 heavy (non-hydrogen) atoms. The van der Waals surface area contributed by atoms with Crippen LogP contribution in [-0.4, -0.2) is 34.3 Å². The Morgan fingerprint density at radius 1 is 1.33 bits per heavy atom. The first-order valence-corrected chi connectivity index (χ1v) is 8.94. The first-order valence-electron chi connectivity index (χ1n) is 7.78. The number of aromatic nitrogens is 2. The van der Waals surface area contributed by atoms with Crippen LogP contribution in [0.2, 0.25) is 0 Å². The van der Waals surface area contributed by atoms with Gasteiger partial charge >= 0.3 is 0 Å². The first kappa shape index (κ1) is 15.3. The van der Waals surface area contributed by atoms with Crippen LogP contribution in [0.1, 0.15) is 57.3 Å². The van der Waals surface area contributed by atoms with Gasteiger partial charge < -0.3 is 15.0 Å². The lowest BCUT2D eigenvalue weighted by Crippen LogP contribution is -2.45. The maximum atomic E-state index is 6.23. The van der Waals surface area contributed by atoms with Crippen LogP contribution >= 0.6 is 11.8 Å². The number of hydrogen-bond acceptors (Lipinski definition) is 6. The predicted molar refractivity (Wildman–Crippen MR) is 83.2 cm³/mol. The molecule has 1 aromatic rings. The molecule has 6 heteroatoms. The SMILES string of the molecule is CC1C(N)CCC(c2nc(C3CSCCO3)no2)C1(C)C. The van der Waals surface area contributed by atoms with Crippen molar-refractivity contribution >= 4 is 11.8 Å². The van der Waals surface area contributed by atoms with Crippen molar-refractivity contribution in [2.75, 3.05) is 18.1 Å². The number of rotatable bonds is 2. The molecule has 5 nitrogen and oxygen atoms in total. The summed E-state index contributed by atoms with van der Waals surface area (Å²) in [6, 6.07) is 0.261. The van der Waals surface area contributed by atoms with E-state index in [1.807, 2.05) is 11.8 Å². The van der Waals surface area contributed by atoms with E-state index in [9.17, 15) is 0 Å². The first-order chi connectivity index (χ1) is 10.00. The van der Waals surface area contributed by atoms with E-state index in [0.717, 1.165) is 36.8 Å². The van der Waals surface area contributed by atoms with Crippen molar-refractivity contribution < 1.29 is 9.26 Å². The van der Waals surface area contributed by atoms with Gasteiger partial charge in [-0.15, -0.1) is 0 Å². The second kappa shape index (κ2) is 5.89. The summed E-state index contributed by atoms with van der Waals surface area (Å²) < 4.78 is 11.3. The van der Waals surface area contributed by atoms with E-state index in [2.05, 4.69) is 30.9 Å². The number of nitrogens with two attached hydrogens (primary N) is 1. The van der Waals surface area contributed by atoms with Crippen LogP contribution in [0.4, 0.5) is 0 Å². The van der Waals surface area contributed by atoms with Gasteiger partial charge in [0.05, 0.1) is 6.61 Å². The molecule has 1 aliphatic heterocycles. The molecule has 1 aliphatic carbocycles. The molecule has 2 aliphatic rings. The molecule has 0 spiro atoms. The minimum absolute atomic E-state index is 0.0207. The fourth-order valence-corrected chi connectivity index (χ4v) is 4.29. The van der Waals surface area contributed by atoms with Crippen molar-refractivity contribution in [3.05, 3.63) is 11.7 Å². The average Bonchev–Trinajstić information content (AvgIpc) is 2.95. The van der Waals surface area contributed by atoms with Crippen molar-refractivity contribution in [3.8, 4) is 0 Å². The van der Waals surface area contributed by atoms with Crippen LogP contribution in [0, 0.1) is 11.3 Å². The third kappa shape index (κ3) is 2.85. The van der Waals surface area contributed by atoms with Gasteiger partial charge in [-0.3, -0.25) is 0 Å². The van der Waals surface area contributed by atoms with Gasteiger partial charge in [0.2, 0.25) is 11.7 Å². The van der Waals surface area contributed by atoms with Gasteiger partial charge in [-0.25, -0.2) is 0 Å². The second-order valence-corrected chi connectivity index (χ2v) is 7.98. The maximum absolute atomic E-state index is 6.23.